The number of aromatic amines is 1. The molecular formula is C20H21FN4O2. The van der Waals surface area contributed by atoms with E-state index in [2.05, 4.69) is 15.3 Å². The fourth-order valence-electron chi connectivity index (χ4n) is 3.50. The lowest BCUT2D eigenvalue weighted by atomic mass is 9.97. The van der Waals surface area contributed by atoms with Crippen LogP contribution in [0.2, 0.25) is 0 Å². The molecule has 0 radical (unpaired) electrons. The van der Waals surface area contributed by atoms with Gasteiger partial charge in [-0.2, -0.15) is 0 Å². The summed E-state index contributed by atoms with van der Waals surface area (Å²) < 4.78 is 18.7. The zero-order valence-corrected chi connectivity index (χ0v) is 15.0. The molecule has 4 rings (SSSR count). The monoisotopic (exact) mass is 368 g/mol. The molecule has 140 valence electrons. The maximum Gasteiger partial charge on any atom is 0.321 e. The molecule has 1 unspecified atom stereocenters. The van der Waals surface area contributed by atoms with Crippen LogP contribution in [0.4, 0.5) is 14.9 Å². The van der Waals surface area contributed by atoms with Crippen LogP contribution in [0.1, 0.15) is 24.6 Å². The maximum atomic E-state index is 13.8. The van der Waals surface area contributed by atoms with Gasteiger partial charge in [0.2, 0.25) is 0 Å². The van der Waals surface area contributed by atoms with Crippen molar-refractivity contribution in [2.75, 3.05) is 25.5 Å². The van der Waals surface area contributed by atoms with Crippen molar-refractivity contribution in [1.82, 2.24) is 14.9 Å². The highest BCUT2D eigenvalue weighted by atomic mass is 19.1. The third-order valence-electron chi connectivity index (χ3n) is 4.91. The quantitative estimate of drug-likeness (QED) is 0.730. The highest BCUT2D eigenvalue weighted by Crippen LogP contribution is 2.27. The first-order valence-electron chi connectivity index (χ1n) is 8.98. The number of urea groups is 1. The van der Waals surface area contributed by atoms with E-state index in [9.17, 15) is 9.18 Å². The highest BCUT2D eigenvalue weighted by molar-refractivity contribution is 5.89. The number of piperidine rings is 1. The molecule has 0 saturated carbocycles. The first-order chi connectivity index (χ1) is 13.1. The van der Waals surface area contributed by atoms with Crippen LogP contribution in [0.5, 0.6) is 5.75 Å². The first kappa shape index (κ1) is 17.3. The highest BCUT2D eigenvalue weighted by Gasteiger charge is 2.27. The zero-order valence-electron chi connectivity index (χ0n) is 15.0. The minimum absolute atomic E-state index is 0.149. The van der Waals surface area contributed by atoms with Crippen LogP contribution in [0.25, 0.3) is 11.0 Å². The Morgan fingerprint density at radius 1 is 1.33 bits per heavy atom. The fraction of sp³-hybridized carbons (Fsp3) is 0.300. The molecule has 1 aliphatic heterocycles. The number of aromatic nitrogens is 2. The number of methoxy groups -OCH3 is 1. The third-order valence-corrected chi connectivity index (χ3v) is 4.91. The van der Waals surface area contributed by atoms with Crippen LogP contribution < -0.4 is 10.1 Å². The van der Waals surface area contributed by atoms with Crippen LogP contribution in [0.15, 0.2) is 42.5 Å². The van der Waals surface area contributed by atoms with Gasteiger partial charge in [0.05, 0.1) is 18.1 Å². The Bertz CT molecular complexity index is 939. The number of halogens is 1. The van der Waals surface area contributed by atoms with Gasteiger partial charge in [0.25, 0.3) is 0 Å². The van der Waals surface area contributed by atoms with E-state index >= 15 is 0 Å². The van der Waals surface area contributed by atoms with Crippen LogP contribution >= 0.6 is 0 Å². The summed E-state index contributed by atoms with van der Waals surface area (Å²) in [6.45, 7) is 1.24. The number of hydrogen-bond acceptors (Lipinski definition) is 3. The van der Waals surface area contributed by atoms with E-state index < -0.39 is 5.82 Å². The zero-order chi connectivity index (χ0) is 18.8. The van der Waals surface area contributed by atoms with Gasteiger partial charge in [-0.1, -0.05) is 12.1 Å². The number of fused-ring (bicyclic) bond motifs is 1. The molecule has 7 heteroatoms. The maximum absolute atomic E-state index is 13.8. The van der Waals surface area contributed by atoms with Gasteiger partial charge in [-0.25, -0.2) is 14.2 Å². The Hall–Kier alpha value is -3.09. The Morgan fingerprint density at radius 3 is 2.96 bits per heavy atom. The summed E-state index contributed by atoms with van der Waals surface area (Å²) in [5.41, 5.74) is 2.34. The second-order valence-corrected chi connectivity index (χ2v) is 6.70. The van der Waals surface area contributed by atoms with Gasteiger partial charge in [-0.3, -0.25) is 0 Å². The van der Waals surface area contributed by atoms with Gasteiger partial charge in [-0.05, 0) is 37.1 Å². The molecule has 0 bridgehead atoms. The Kier molecular flexibility index (Phi) is 4.66. The van der Waals surface area contributed by atoms with Crippen molar-refractivity contribution in [2.24, 2.45) is 0 Å². The summed E-state index contributed by atoms with van der Waals surface area (Å²) in [6.07, 6.45) is 1.87. The molecular weight excluding hydrogens is 347 g/mol. The van der Waals surface area contributed by atoms with Gasteiger partial charge >= 0.3 is 6.03 Å². The smallest absolute Gasteiger partial charge is 0.321 e. The standard InChI is InChI=1S/C20H21FN4O2/c1-27-18-9-8-14(11-15(18)21)22-20(26)25-10-4-5-13(12-25)19-23-16-6-2-3-7-17(16)24-19/h2-3,6-9,11,13H,4-5,10,12H2,1H3,(H,22,26)(H,23,24). The molecule has 1 aliphatic rings. The van der Waals surface area contributed by atoms with Crippen LogP contribution in [-0.4, -0.2) is 41.1 Å². The van der Waals surface area contributed by atoms with Crippen molar-refractivity contribution in [3.8, 4) is 5.75 Å². The molecule has 1 aromatic heterocycles. The van der Waals surface area contributed by atoms with Crippen molar-refractivity contribution in [1.29, 1.82) is 0 Å². The molecule has 27 heavy (non-hydrogen) atoms. The van der Waals surface area contributed by atoms with Crippen molar-refractivity contribution < 1.29 is 13.9 Å². The number of amides is 2. The summed E-state index contributed by atoms with van der Waals surface area (Å²) in [6, 6.07) is 12.1. The summed E-state index contributed by atoms with van der Waals surface area (Å²) in [5, 5.41) is 2.76. The number of benzene rings is 2. The number of anilines is 1. The molecule has 6 nitrogen and oxygen atoms in total. The lowest BCUT2D eigenvalue weighted by Crippen LogP contribution is -2.41. The number of para-hydroxylation sites is 2. The normalized spacial score (nSPS) is 17.1. The number of imidazole rings is 1. The molecule has 2 amide bonds. The number of nitrogens with zero attached hydrogens (tertiary/aromatic N) is 2. The van der Waals surface area contributed by atoms with Gasteiger partial charge in [0.1, 0.15) is 5.82 Å². The lowest BCUT2D eigenvalue weighted by Gasteiger charge is -2.31. The number of likely N-dealkylation sites (tertiary alicyclic amines) is 1. The molecule has 2 aromatic carbocycles. The third kappa shape index (κ3) is 3.58. The van der Waals surface area contributed by atoms with Crippen molar-refractivity contribution >= 4 is 22.8 Å². The SMILES string of the molecule is COc1ccc(NC(=O)N2CCCC(c3nc4ccccc4[nH]3)C2)cc1F. The van der Waals surface area contributed by atoms with E-state index in [0.717, 1.165) is 29.7 Å². The second-order valence-electron chi connectivity index (χ2n) is 6.70. The lowest BCUT2D eigenvalue weighted by molar-refractivity contribution is 0.191. The largest absolute Gasteiger partial charge is 0.494 e. The summed E-state index contributed by atoms with van der Waals surface area (Å²) in [7, 11) is 1.41. The van der Waals surface area contributed by atoms with Crippen molar-refractivity contribution in [3.63, 3.8) is 0 Å². The van der Waals surface area contributed by atoms with Crippen molar-refractivity contribution in [2.45, 2.75) is 18.8 Å². The number of hydrogen-bond donors (Lipinski definition) is 2. The van der Waals surface area contributed by atoms with Crippen LogP contribution in [0.3, 0.4) is 0 Å². The predicted octanol–water partition coefficient (Wildman–Crippen LogP) is 4.12. The van der Waals surface area contributed by atoms with Crippen molar-refractivity contribution in [3.05, 3.63) is 54.1 Å². The van der Waals surface area contributed by atoms with Crippen LogP contribution in [0, 0.1) is 5.82 Å². The predicted molar refractivity (Wildman–Crippen MR) is 102 cm³/mol. The van der Waals surface area contributed by atoms with Gasteiger partial charge in [-0.15, -0.1) is 0 Å². The Balaban J connectivity index is 1.45. The second kappa shape index (κ2) is 7.26. The summed E-state index contributed by atoms with van der Waals surface area (Å²) in [4.78, 5) is 22.4. The summed E-state index contributed by atoms with van der Waals surface area (Å²) >= 11 is 0. The molecule has 0 aliphatic carbocycles. The number of H-pyrrole nitrogens is 1. The van der Waals surface area contributed by atoms with E-state index in [0.29, 0.717) is 18.8 Å². The topological polar surface area (TPSA) is 70.2 Å². The van der Waals surface area contributed by atoms with Gasteiger partial charge in [0.15, 0.2) is 11.6 Å². The minimum atomic E-state index is -0.505. The molecule has 1 atom stereocenters. The number of rotatable bonds is 3. The fourth-order valence-corrected chi connectivity index (χ4v) is 3.50. The Morgan fingerprint density at radius 2 is 2.19 bits per heavy atom. The minimum Gasteiger partial charge on any atom is -0.494 e. The van der Waals surface area contributed by atoms with Gasteiger partial charge < -0.3 is 19.9 Å². The number of carbonyl (C=O) groups excluding carboxylic acids is 1. The molecule has 0 spiro atoms. The van der Waals surface area contributed by atoms with Gasteiger partial charge in [0, 0.05) is 30.8 Å². The Labute approximate surface area is 156 Å². The number of carbonyl (C=O) groups is 1. The van der Waals surface area contributed by atoms with E-state index in [-0.39, 0.29) is 17.7 Å². The van der Waals surface area contributed by atoms with Crippen LogP contribution in [-0.2, 0) is 0 Å². The molecule has 2 N–H and O–H groups in total. The average molecular weight is 368 g/mol. The van der Waals surface area contributed by atoms with E-state index in [1.807, 2.05) is 24.3 Å². The number of ether oxygens (including phenoxy) is 1. The van der Waals surface area contributed by atoms with E-state index in [1.54, 1.807) is 11.0 Å². The van der Waals surface area contributed by atoms with E-state index in [1.165, 1.54) is 19.2 Å². The average Bonchev–Trinajstić information content (AvgIpc) is 3.12. The molecule has 2 heterocycles. The molecule has 1 fully saturated rings. The number of nitrogens with one attached hydrogen (secondary N) is 2. The molecule has 3 aromatic rings. The first-order valence-corrected chi connectivity index (χ1v) is 8.98. The summed E-state index contributed by atoms with van der Waals surface area (Å²) in [5.74, 6) is 0.707. The van der Waals surface area contributed by atoms with E-state index in [4.69, 9.17) is 4.74 Å². The molecule has 1 saturated heterocycles.